The van der Waals surface area contributed by atoms with Gasteiger partial charge in [0.2, 0.25) is 5.91 Å². The first kappa shape index (κ1) is 15.3. The number of hydrogen-bond acceptors (Lipinski definition) is 3. The molecular formula is C19H19NO3. The molecule has 2 aromatic carbocycles. The Morgan fingerprint density at radius 2 is 1.91 bits per heavy atom. The Labute approximate surface area is 135 Å². The van der Waals surface area contributed by atoms with Crippen LogP contribution in [0, 0.1) is 6.92 Å². The summed E-state index contributed by atoms with van der Waals surface area (Å²) >= 11 is 0. The molecule has 23 heavy (non-hydrogen) atoms. The third-order valence-electron chi connectivity index (χ3n) is 4.17. The van der Waals surface area contributed by atoms with Gasteiger partial charge in [0.15, 0.2) is 5.78 Å². The molecule has 0 radical (unpaired) electrons. The van der Waals surface area contributed by atoms with Crippen molar-refractivity contribution < 1.29 is 14.3 Å². The van der Waals surface area contributed by atoms with Crippen molar-refractivity contribution in [1.82, 2.24) is 0 Å². The lowest BCUT2D eigenvalue weighted by atomic mass is 10.0. The van der Waals surface area contributed by atoms with Crippen LogP contribution in [0.3, 0.4) is 0 Å². The second-order valence-corrected chi connectivity index (χ2v) is 5.75. The van der Waals surface area contributed by atoms with Crippen LogP contribution in [0.5, 0.6) is 5.75 Å². The zero-order valence-electron chi connectivity index (χ0n) is 13.3. The number of rotatable bonds is 4. The van der Waals surface area contributed by atoms with E-state index >= 15 is 0 Å². The summed E-state index contributed by atoms with van der Waals surface area (Å²) in [6.07, 6.45) is 0.950. The average molecular weight is 309 g/mol. The van der Waals surface area contributed by atoms with Crippen LogP contribution in [-0.4, -0.2) is 24.8 Å². The van der Waals surface area contributed by atoms with Gasteiger partial charge in [-0.2, -0.15) is 0 Å². The van der Waals surface area contributed by atoms with Gasteiger partial charge in [-0.25, -0.2) is 0 Å². The molecule has 1 fully saturated rings. The maximum atomic E-state index is 12.8. The summed E-state index contributed by atoms with van der Waals surface area (Å²) in [6.45, 7) is 1.96. The third kappa shape index (κ3) is 2.97. The zero-order valence-corrected chi connectivity index (χ0v) is 13.3. The molecular weight excluding hydrogens is 290 g/mol. The number of carbonyl (C=O) groups is 2. The Morgan fingerprint density at radius 1 is 1.17 bits per heavy atom. The number of benzene rings is 2. The lowest BCUT2D eigenvalue weighted by molar-refractivity contribution is -0.117. The zero-order chi connectivity index (χ0) is 16.4. The van der Waals surface area contributed by atoms with Gasteiger partial charge in [-0.1, -0.05) is 23.8 Å². The first-order valence-electron chi connectivity index (χ1n) is 7.67. The van der Waals surface area contributed by atoms with E-state index in [2.05, 4.69) is 0 Å². The summed E-state index contributed by atoms with van der Waals surface area (Å²) in [5.41, 5.74) is 2.43. The predicted octanol–water partition coefficient (Wildman–Crippen LogP) is 3.38. The van der Waals surface area contributed by atoms with Crippen molar-refractivity contribution in [3.8, 4) is 5.75 Å². The Bertz CT molecular complexity index is 737. The fraction of sp³-hybridized carbons (Fsp3) is 0.263. The van der Waals surface area contributed by atoms with Crippen molar-refractivity contribution in [2.45, 2.75) is 25.8 Å². The number of methoxy groups -OCH3 is 1. The number of amides is 1. The second-order valence-electron chi connectivity index (χ2n) is 5.75. The summed E-state index contributed by atoms with van der Waals surface area (Å²) in [5.74, 6) is 0.707. The van der Waals surface area contributed by atoms with E-state index < -0.39 is 6.04 Å². The van der Waals surface area contributed by atoms with Crippen molar-refractivity contribution in [1.29, 1.82) is 0 Å². The van der Waals surface area contributed by atoms with E-state index in [1.54, 1.807) is 24.1 Å². The SMILES string of the molecule is COc1ccc(N2C(=O)CCC2C(=O)c2cccc(C)c2)cc1. The van der Waals surface area contributed by atoms with Gasteiger partial charge in [0.1, 0.15) is 11.8 Å². The standard InChI is InChI=1S/C19H19NO3/c1-13-4-3-5-14(12-13)19(22)17-10-11-18(21)20(17)15-6-8-16(23-2)9-7-15/h3-9,12,17H,10-11H2,1-2H3. The van der Waals surface area contributed by atoms with Gasteiger partial charge in [0, 0.05) is 17.7 Å². The number of carbonyl (C=O) groups excluding carboxylic acids is 2. The summed E-state index contributed by atoms with van der Waals surface area (Å²) < 4.78 is 5.15. The number of Topliss-reactive ketones (excluding diaryl/α,β-unsaturated/α-hetero) is 1. The Kier molecular flexibility index (Phi) is 4.15. The summed E-state index contributed by atoms with van der Waals surface area (Å²) in [4.78, 5) is 26.7. The second kappa shape index (κ2) is 6.24. The first-order chi connectivity index (χ1) is 11.1. The molecule has 1 heterocycles. The third-order valence-corrected chi connectivity index (χ3v) is 4.17. The minimum Gasteiger partial charge on any atom is -0.497 e. The molecule has 0 aromatic heterocycles. The van der Waals surface area contributed by atoms with Crippen LogP contribution < -0.4 is 9.64 Å². The number of aryl methyl sites for hydroxylation is 1. The monoisotopic (exact) mass is 309 g/mol. The average Bonchev–Trinajstić information content (AvgIpc) is 2.96. The molecule has 1 unspecified atom stereocenters. The van der Waals surface area contributed by atoms with Crippen molar-refractivity contribution in [3.63, 3.8) is 0 Å². The number of ether oxygens (including phenoxy) is 1. The lowest BCUT2D eigenvalue weighted by Gasteiger charge is -2.24. The molecule has 1 amide bonds. The maximum absolute atomic E-state index is 12.8. The van der Waals surface area contributed by atoms with Crippen LogP contribution in [0.15, 0.2) is 48.5 Å². The van der Waals surface area contributed by atoms with E-state index in [0.29, 0.717) is 18.4 Å². The van der Waals surface area contributed by atoms with Crippen molar-refractivity contribution in [3.05, 3.63) is 59.7 Å². The molecule has 0 saturated carbocycles. The van der Waals surface area contributed by atoms with Gasteiger partial charge in [-0.3, -0.25) is 9.59 Å². The highest BCUT2D eigenvalue weighted by Crippen LogP contribution is 2.30. The van der Waals surface area contributed by atoms with Gasteiger partial charge in [-0.15, -0.1) is 0 Å². The highest BCUT2D eigenvalue weighted by Gasteiger charge is 2.37. The van der Waals surface area contributed by atoms with Gasteiger partial charge in [-0.05, 0) is 43.7 Å². The molecule has 1 aliphatic heterocycles. The van der Waals surface area contributed by atoms with Gasteiger partial charge in [0.05, 0.1) is 7.11 Å². The number of ketones is 1. The van der Waals surface area contributed by atoms with Crippen molar-refractivity contribution in [2.75, 3.05) is 12.0 Å². The van der Waals surface area contributed by atoms with Crippen LogP contribution in [-0.2, 0) is 4.79 Å². The Hall–Kier alpha value is -2.62. The van der Waals surface area contributed by atoms with Crippen molar-refractivity contribution in [2.24, 2.45) is 0 Å². The summed E-state index contributed by atoms with van der Waals surface area (Å²) in [7, 11) is 1.60. The van der Waals surface area contributed by atoms with Crippen LogP contribution >= 0.6 is 0 Å². The molecule has 0 N–H and O–H groups in total. The lowest BCUT2D eigenvalue weighted by Crippen LogP contribution is -2.38. The molecule has 4 nitrogen and oxygen atoms in total. The Balaban J connectivity index is 1.91. The van der Waals surface area contributed by atoms with Crippen molar-refractivity contribution >= 4 is 17.4 Å². The van der Waals surface area contributed by atoms with E-state index in [1.807, 2.05) is 43.3 Å². The van der Waals surface area contributed by atoms with E-state index in [1.165, 1.54) is 0 Å². The van der Waals surface area contributed by atoms with E-state index in [9.17, 15) is 9.59 Å². The minimum atomic E-state index is -0.433. The molecule has 1 saturated heterocycles. The van der Waals surface area contributed by atoms with E-state index in [4.69, 9.17) is 4.74 Å². The van der Waals surface area contributed by atoms with Gasteiger partial charge in [0.25, 0.3) is 0 Å². The molecule has 1 atom stereocenters. The molecule has 0 bridgehead atoms. The molecule has 4 heteroatoms. The van der Waals surface area contributed by atoms with Crippen LogP contribution in [0.2, 0.25) is 0 Å². The minimum absolute atomic E-state index is 0.00429. The topological polar surface area (TPSA) is 46.6 Å². The summed E-state index contributed by atoms with van der Waals surface area (Å²) in [5, 5.41) is 0. The van der Waals surface area contributed by atoms with Crippen LogP contribution in [0.25, 0.3) is 0 Å². The molecule has 3 rings (SSSR count). The smallest absolute Gasteiger partial charge is 0.227 e. The molecule has 2 aromatic rings. The van der Waals surface area contributed by atoms with Gasteiger partial charge >= 0.3 is 0 Å². The first-order valence-corrected chi connectivity index (χ1v) is 7.67. The van der Waals surface area contributed by atoms with E-state index in [0.717, 1.165) is 17.0 Å². The number of nitrogens with zero attached hydrogens (tertiary/aromatic N) is 1. The van der Waals surface area contributed by atoms with Crippen LogP contribution in [0.1, 0.15) is 28.8 Å². The highest BCUT2D eigenvalue weighted by molar-refractivity contribution is 6.10. The largest absolute Gasteiger partial charge is 0.497 e. The van der Waals surface area contributed by atoms with Gasteiger partial charge < -0.3 is 9.64 Å². The van der Waals surface area contributed by atoms with E-state index in [-0.39, 0.29) is 11.7 Å². The molecule has 1 aliphatic rings. The maximum Gasteiger partial charge on any atom is 0.227 e. The quantitative estimate of drug-likeness (QED) is 0.813. The number of hydrogen-bond donors (Lipinski definition) is 0. The Morgan fingerprint density at radius 3 is 2.57 bits per heavy atom. The molecule has 0 aliphatic carbocycles. The fourth-order valence-electron chi connectivity index (χ4n) is 2.99. The number of anilines is 1. The highest BCUT2D eigenvalue weighted by atomic mass is 16.5. The molecule has 118 valence electrons. The predicted molar refractivity (Wildman–Crippen MR) is 89.0 cm³/mol. The summed E-state index contributed by atoms with van der Waals surface area (Å²) in [6, 6.07) is 14.3. The van der Waals surface area contributed by atoms with Crippen LogP contribution in [0.4, 0.5) is 5.69 Å². The normalized spacial score (nSPS) is 17.4. The fourth-order valence-corrected chi connectivity index (χ4v) is 2.99. The molecule has 0 spiro atoms.